The second-order valence-corrected chi connectivity index (χ2v) is 13.0. The first-order chi connectivity index (χ1) is 23.0. The molecular weight excluding hydrogens is 569 g/mol. The highest BCUT2D eigenvalue weighted by atomic mass is 14.6. The average Bonchev–Trinajstić information content (AvgIpc) is 3.11. The maximum Gasteiger partial charge on any atom is 0.0349 e. The quantitative estimate of drug-likeness (QED) is 0.196. The number of nitrogens with zero attached hydrogens (tertiary/aromatic N) is 2. The minimum atomic E-state index is -0.253. The minimum absolute atomic E-state index is 0.127. The summed E-state index contributed by atoms with van der Waals surface area (Å²) in [4.78, 5) is 8.80. The lowest BCUT2D eigenvalue weighted by Gasteiger charge is -2.45. The van der Waals surface area contributed by atoms with Crippen LogP contribution in [0.15, 0.2) is 164 Å². The second kappa shape index (κ2) is 11.6. The highest BCUT2D eigenvalue weighted by molar-refractivity contribution is 5.91. The molecule has 0 saturated carbocycles. The zero-order chi connectivity index (χ0) is 32.0. The van der Waals surface area contributed by atoms with Crippen molar-refractivity contribution in [1.29, 1.82) is 0 Å². The third-order valence-electron chi connectivity index (χ3n) is 10.1. The molecule has 2 nitrogen and oxygen atoms in total. The van der Waals surface area contributed by atoms with Gasteiger partial charge in [-0.3, -0.25) is 9.97 Å². The Hall–Kier alpha value is -5.60. The molecule has 0 fully saturated rings. The van der Waals surface area contributed by atoms with E-state index >= 15 is 0 Å². The van der Waals surface area contributed by atoms with Crippen LogP contribution in [0.5, 0.6) is 0 Å². The molecule has 2 unspecified atom stereocenters. The van der Waals surface area contributed by atoms with Crippen molar-refractivity contribution >= 4 is 5.57 Å². The minimum Gasteiger partial charge on any atom is -0.264 e. The van der Waals surface area contributed by atoms with Crippen molar-refractivity contribution in [3.8, 4) is 33.4 Å². The van der Waals surface area contributed by atoms with E-state index < -0.39 is 0 Å². The number of allylic oxidation sites excluding steroid dienone is 5. The summed E-state index contributed by atoms with van der Waals surface area (Å²) in [6.07, 6.45) is 16.8. The van der Waals surface area contributed by atoms with Gasteiger partial charge in [-0.1, -0.05) is 122 Å². The highest BCUT2D eigenvalue weighted by Crippen LogP contribution is 2.57. The lowest BCUT2D eigenvalue weighted by atomic mass is 9.58. The second-order valence-electron chi connectivity index (χ2n) is 13.0. The first-order valence-electron chi connectivity index (χ1n) is 16.3. The van der Waals surface area contributed by atoms with E-state index in [1.165, 1.54) is 77.9 Å². The van der Waals surface area contributed by atoms with Gasteiger partial charge in [0.1, 0.15) is 0 Å². The van der Waals surface area contributed by atoms with Crippen LogP contribution < -0.4 is 0 Å². The molecule has 0 bridgehead atoms. The number of benzene rings is 4. The summed E-state index contributed by atoms with van der Waals surface area (Å²) in [6.45, 7) is 6.71. The number of aryl methyl sites for hydroxylation is 2. The van der Waals surface area contributed by atoms with Crippen LogP contribution in [-0.4, -0.2) is 9.97 Å². The van der Waals surface area contributed by atoms with E-state index in [-0.39, 0.29) is 11.3 Å². The van der Waals surface area contributed by atoms with E-state index in [0.717, 1.165) is 0 Å². The number of fused-ring (bicyclic) bond motifs is 2. The molecule has 6 aromatic rings. The van der Waals surface area contributed by atoms with Gasteiger partial charge in [-0.2, -0.15) is 0 Å². The van der Waals surface area contributed by atoms with Gasteiger partial charge >= 0.3 is 0 Å². The molecule has 0 saturated heterocycles. The SMILES string of the molecule is Cc1ccncc1-c1ccc(C2=C3C=CC=CC3(C)C(c3ccc(-c4cnccc4C)cc3)c3cc(-c4ccccc4)ccc32)cc1. The number of hydrogen-bond acceptors (Lipinski definition) is 2. The lowest BCUT2D eigenvalue weighted by molar-refractivity contribution is 0.448. The van der Waals surface area contributed by atoms with Crippen LogP contribution in [0.3, 0.4) is 0 Å². The van der Waals surface area contributed by atoms with Crippen LogP contribution in [-0.2, 0) is 0 Å². The molecule has 0 spiro atoms. The summed E-state index contributed by atoms with van der Waals surface area (Å²) in [6, 6.07) is 40.2. The first-order valence-corrected chi connectivity index (χ1v) is 16.3. The molecule has 8 rings (SSSR count). The maximum atomic E-state index is 4.41. The Kier molecular flexibility index (Phi) is 7.14. The van der Waals surface area contributed by atoms with Gasteiger partial charge in [-0.05, 0) is 98.8 Å². The third-order valence-corrected chi connectivity index (χ3v) is 10.1. The summed E-state index contributed by atoms with van der Waals surface area (Å²) >= 11 is 0. The Bertz CT molecular complexity index is 2200. The molecular formula is C45H36N2. The summed E-state index contributed by atoms with van der Waals surface area (Å²) in [7, 11) is 0. The summed E-state index contributed by atoms with van der Waals surface area (Å²) in [5.74, 6) is 0.127. The van der Waals surface area contributed by atoms with E-state index in [4.69, 9.17) is 0 Å². The Morgan fingerprint density at radius 3 is 1.79 bits per heavy atom. The predicted octanol–water partition coefficient (Wildman–Crippen LogP) is 11.2. The van der Waals surface area contributed by atoms with E-state index in [9.17, 15) is 0 Å². The number of hydrogen-bond donors (Lipinski definition) is 0. The predicted molar refractivity (Wildman–Crippen MR) is 195 cm³/mol. The topological polar surface area (TPSA) is 25.8 Å². The number of aromatic nitrogens is 2. The van der Waals surface area contributed by atoms with Crippen LogP contribution in [0, 0.1) is 19.3 Å². The molecule has 2 heteroatoms. The van der Waals surface area contributed by atoms with Crippen LogP contribution >= 0.6 is 0 Å². The first kappa shape index (κ1) is 28.8. The van der Waals surface area contributed by atoms with Crippen molar-refractivity contribution in [2.24, 2.45) is 5.41 Å². The molecule has 0 N–H and O–H groups in total. The Morgan fingerprint density at radius 1 is 0.553 bits per heavy atom. The average molecular weight is 605 g/mol. The largest absolute Gasteiger partial charge is 0.264 e. The Balaban J connectivity index is 1.32. The Labute approximate surface area is 277 Å². The summed E-state index contributed by atoms with van der Waals surface area (Å²) < 4.78 is 0. The monoisotopic (exact) mass is 604 g/mol. The van der Waals surface area contributed by atoms with Gasteiger partial charge in [-0.15, -0.1) is 0 Å². The maximum absolute atomic E-state index is 4.41. The van der Waals surface area contributed by atoms with E-state index in [1.807, 2.05) is 24.8 Å². The lowest BCUT2D eigenvalue weighted by Crippen LogP contribution is -2.32. The highest BCUT2D eigenvalue weighted by Gasteiger charge is 2.44. The molecule has 2 aliphatic carbocycles. The van der Waals surface area contributed by atoms with Crippen LogP contribution in [0.25, 0.3) is 39.0 Å². The molecule has 4 aromatic carbocycles. The summed E-state index contributed by atoms with van der Waals surface area (Å²) in [5.41, 5.74) is 17.2. The van der Waals surface area contributed by atoms with Gasteiger partial charge in [0.2, 0.25) is 0 Å². The third kappa shape index (κ3) is 4.98. The van der Waals surface area contributed by atoms with Gasteiger partial charge in [0, 0.05) is 47.2 Å². The molecule has 47 heavy (non-hydrogen) atoms. The Morgan fingerprint density at radius 2 is 1.15 bits per heavy atom. The van der Waals surface area contributed by atoms with Crippen molar-refractivity contribution in [2.45, 2.75) is 26.7 Å². The fourth-order valence-electron chi connectivity index (χ4n) is 7.63. The number of rotatable bonds is 5. The van der Waals surface area contributed by atoms with Crippen LogP contribution in [0.4, 0.5) is 0 Å². The number of pyridine rings is 2. The molecule has 0 aliphatic heterocycles. The fourth-order valence-corrected chi connectivity index (χ4v) is 7.63. The molecule has 2 aromatic heterocycles. The molecule has 2 atom stereocenters. The van der Waals surface area contributed by atoms with Crippen molar-refractivity contribution < 1.29 is 0 Å². The van der Waals surface area contributed by atoms with E-state index in [1.54, 1.807) is 0 Å². The summed E-state index contributed by atoms with van der Waals surface area (Å²) in [5, 5.41) is 0. The van der Waals surface area contributed by atoms with E-state index in [0.29, 0.717) is 0 Å². The normalized spacial score (nSPS) is 18.1. The zero-order valence-electron chi connectivity index (χ0n) is 27.0. The van der Waals surface area contributed by atoms with Gasteiger partial charge < -0.3 is 0 Å². The molecule has 0 radical (unpaired) electrons. The van der Waals surface area contributed by atoms with E-state index in [2.05, 4.69) is 164 Å². The molecule has 226 valence electrons. The van der Waals surface area contributed by atoms with Crippen LogP contribution in [0.2, 0.25) is 0 Å². The van der Waals surface area contributed by atoms with Crippen molar-refractivity contribution in [3.63, 3.8) is 0 Å². The molecule has 2 aliphatic rings. The zero-order valence-corrected chi connectivity index (χ0v) is 27.0. The van der Waals surface area contributed by atoms with Crippen molar-refractivity contribution in [2.75, 3.05) is 0 Å². The fraction of sp³-hybridized carbons (Fsp3) is 0.111. The standard InChI is InChI=1S/C45H36N2/c1-30-22-25-46-28-40(30)33-12-16-35(17-13-33)43-38-21-20-37(32-9-5-4-6-10-32)27-39(38)44(45(3)24-8-7-11-42(43)45)36-18-14-34(15-19-36)41-29-47-26-23-31(41)2/h4-29,44H,1-3H3. The van der Waals surface area contributed by atoms with Gasteiger partial charge in [0.05, 0.1) is 0 Å². The van der Waals surface area contributed by atoms with Crippen molar-refractivity contribution in [1.82, 2.24) is 9.97 Å². The van der Waals surface area contributed by atoms with Gasteiger partial charge in [-0.25, -0.2) is 0 Å². The van der Waals surface area contributed by atoms with Gasteiger partial charge in [0.25, 0.3) is 0 Å². The molecule has 2 heterocycles. The van der Waals surface area contributed by atoms with Crippen LogP contribution in [0.1, 0.15) is 46.2 Å². The van der Waals surface area contributed by atoms with Gasteiger partial charge in [0.15, 0.2) is 0 Å². The molecule has 0 amide bonds. The smallest absolute Gasteiger partial charge is 0.0349 e. The van der Waals surface area contributed by atoms with Crippen molar-refractivity contribution in [3.05, 3.63) is 197 Å².